The van der Waals surface area contributed by atoms with Gasteiger partial charge < -0.3 is 14.9 Å². The van der Waals surface area contributed by atoms with Crippen LogP contribution in [0, 0.1) is 0 Å². The molecule has 1 aliphatic heterocycles. The minimum Gasteiger partial charge on any atom is -0.478 e. The highest BCUT2D eigenvalue weighted by atomic mass is 16.4. The van der Waals surface area contributed by atoms with Crippen LogP contribution in [-0.2, 0) is 0 Å². The van der Waals surface area contributed by atoms with Crippen molar-refractivity contribution in [1.82, 2.24) is 14.8 Å². The van der Waals surface area contributed by atoms with Gasteiger partial charge in [-0.2, -0.15) is 0 Å². The van der Waals surface area contributed by atoms with E-state index in [1.165, 1.54) is 18.3 Å². The largest absolute Gasteiger partial charge is 0.478 e. The summed E-state index contributed by atoms with van der Waals surface area (Å²) in [4.78, 5) is 43.5. The summed E-state index contributed by atoms with van der Waals surface area (Å²) in [5.74, 6) is -1.58. The second-order valence-electron chi connectivity index (χ2n) is 5.68. The van der Waals surface area contributed by atoms with Gasteiger partial charge in [0.25, 0.3) is 11.8 Å². The van der Waals surface area contributed by atoms with Crippen LogP contribution in [0.2, 0.25) is 0 Å². The van der Waals surface area contributed by atoms with E-state index in [0.717, 1.165) is 0 Å². The van der Waals surface area contributed by atoms with Crippen molar-refractivity contribution in [2.45, 2.75) is 0 Å². The zero-order valence-electron chi connectivity index (χ0n) is 13.5. The average molecular weight is 339 g/mol. The number of pyridine rings is 1. The van der Waals surface area contributed by atoms with E-state index in [4.69, 9.17) is 0 Å². The molecule has 1 aromatic heterocycles. The Hall–Kier alpha value is -3.22. The molecular weight excluding hydrogens is 322 g/mol. The summed E-state index contributed by atoms with van der Waals surface area (Å²) >= 11 is 0. The van der Waals surface area contributed by atoms with Crippen molar-refractivity contribution in [3.63, 3.8) is 0 Å². The van der Waals surface area contributed by atoms with Crippen LogP contribution < -0.4 is 0 Å². The van der Waals surface area contributed by atoms with Crippen LogP contribution in [0.4, 0.5) is 0 Å². The molecule has 7 heteroatoms. The van der Waals surface area contributed by atoms with Gasteiger partial charge in [0.1, 0.15) is 0 Å². The number of aromatic nitrogens is 1. The lowest BCUT2D eigenvalue weighted by Gasteiger charge is -2.35. The van der Waals surface area contributed by atoms with Gasteiger partial charge in [-0.1, -0.05) is 12.1 Å². The third-order valence-corrected chi connectivity index (χ3v) is 4.15. The van der Waals surface area contributed by atoms with Crippen molar-refractivity contribution < 1.29 is 19.5 Å². The molecule has 0 spiro atoms. The Balaban J connectivity index is 1.68. The highest BCUT2D eigenvalue weighted by Crippen LogP contribution is 2.15. The van der Waals surface area contributed by atoms with Crippen molar-refractivity contribution in [1.29, 1.82) is 0 Å². The van der Waals surface area contributed by atoms with Crippen molar-refractivity contribution in [3.8, 4) is 0 Å². The van der Waals surface area contributed by atoms with E-state index in [1.807, 2.05) is 0 Å². The quantitative estimate of drug-likeness (QED) is 0.912. The van der Waals surface area contributed by atoms with Crippen LogP contribution in [0.15, 0.2) is 48.8 Å². The number of aromatic carboxylic acids is 1. The third-order valence-electron chi connectivity index (χ3n) is 4.15. The van der Waals surface area contributed by atoms with Crippen molar-refractivity contribution >= 4 is 17.8 Å². The summed E-state index contributed by atoms with van der Waals surface area (Å²) in [7, 11) is 0. The van der Waals surface area contributed by atoms with Crippen LogP contribution in [0.3, 0.4) is 0 Å². The molecule has 7 nitrogen and oxygen atoms in total. The number of hydrogen-bond acceptors (Lipinski definition) is 4. The number of carboxylic acid groups (broad SMARTS) is 1. The SMILES string of the molecule is O=C(O)c1ccccc1C(=O)N1CCN(C(=O)c2cccnc2)CC1. The first-order valence-electron chi connectivity index (χ1n) is 7.89. The van der Waals surface area contributed by atoms with Crippen LogP contribution in [0.1, 0.15) is 31.1 Å². The Labute approximate surface area is 144 Å². The molecule has 1 N–H and O–H groups in total. The van der Waals surface area contributed by atoms with E-state index in [1.54, 1.807) is 40.3 Å². The zero-order chi connectivity index (χ0) is 17.8. The molecule has 3 rings (SSSR count). The number of piperazine rings is 1. The molecule has 0 bridgehead atoms. The monoisotopic (exact) mass is 339 g/mol. The van der Waals surface area contributed by atoms with Crippen LogP contribution in [0.25, 0.3) is 0 Å². The van der Waals surface area contributed by atoms with Gasteiger partial charge >= 0.3 is 5.97 Å². The van der Waals surface area contributed by atoms with Crippen LogP contribution in [0.5, 0.6) is 0 Å². The predicted octanol–water partition coefficient (Wildman–Crippen LogP) is 1.38. The summed E-state index contributed by atoms with van der Waals surface area (Å²) in [6, 6.07) is 9.56. The highest BCUT2D eigenvalue weighted by molar-refractivity contribution is 6.04. The molecule has 0 atom stereocenters. The maximum atomic E-state index is 12.6. The maximum Gasteiger partial charge on any atom is 0.336 e. The minimum atomic E-state index is -1.13. The summed E-state index contributed by atoms with van der Waals surface area (Å²) in [6.45, 7) is 1.51. The molecule has 0 saturated carbocycles. The van der Waals surface area contributed by atoms with Gasteiger partial charge in [0.2, 0.25) is 0 Å². The van der Waals surface area contributed by atoms with Gasteiger partial charge in [-0.15, -0.1) is 0 Å². The second-order valence-corrected chi connectivity index (χ2v) is 5.68. The van der Waals surface area contributed by atoms with E-state index < -0.39 is 5.97 Å². The predicted molar refractivity (Wildman–Crippen MR) is 89.4 cm³/mol. The Morgan fingerprint density at radius 1 is 0.840 bits per heavy atom. The van der Waals surface area contributed by atoms with Crippen LogP contribution in [-0.4, -0.2) is 63.9 Å². The molecule has 1 fully saturated rings. The lowest BCUT2D eigenvalue weighted by molar-refractivity contribution is 0.0531. The number of carboxylic acids is 1. The molecule has 0 unspecified atom stereocenters. The van der Waals surface area contributed by atoms with E-state index in [2.05, 4.69) is 4.98 Å². The normalized spacial score (nSPS) is 14.2. The van der Waals surface area contributed by atoms with Gasteiger partial charge in [0.15, 0.2) is 0 Å². The lowest BCUT2D eigenvalue weighted by atomic mass is 10.1. The highest BCUT2D eigenvalue weighted by Gasteiger charge is 2.27. The molecule has 0 radical (unpaired) electrons. The first-order chi connectivity index (χ1) is 12.1. The molecule has 2 amide bonds. The fourth-order valence-electron chi connectivity index (χ4n) is 2.81. The first-order valence-corrected chi connectivity index (χ1v) is 7.89. The standard InChI is InChI=1S/C18H17N3O4/c22-16(13-4-3-7-19-12-13)20-8-10-21(11-9-20)17(23)14-5-1-2-6-15(14)18(24)25/h1-7,12H,8-11H2,(H,24,25). The number of carbonyl (C=O) groups excluding carboxylic acids is 2. The summed E-state index contributed by atoms with van der Waals surface area (Å²) in [5, 5.41) is 9.22. The number of hydrogen-bond donors (Lipinski definition) is 1. The molecule has 128 valence electrons. The van der Waals surface area contributed by atoms with Gasteiger partial charge in [-0.3, -0.25) is 14.6 Å². The minimum absolute atomic E-state index is 0.0126. The second kappa shape index (κ2) is 7.12. The van der Waals surface area contributed by atoms with Gasteiger partial charge in [0.05, 0.1) is 16.7 Å². The van der Waals surface area contributed by atoms with Gasteiger partial charge in [-0.25, -0.2) is 4.79 Å². The Morgan fingerprint density at radius 2 is 1.44 bits per heavy atom. The van der Waals surface area contributed by atoms with E-state index in [9.17, 15) is 19.5 Å². The molecule has 1 saturated heterocycles. The Kier molecular flexibility index (Phi) is 4.74. The fourth-order valence-corrected chi connectivity index (χ4v) is 2.81. The van der Waals surface area contributed by atoms with Gasteiger partial charge in [0, 0.05) is 38.6 Å². The third kappa shape index (κ3) is 3.50. The van der Waals surface area contributed by atoms with Crippen LogP contribution >= 0.6 is 0 Å². The van der Waals surface area contributed by atoms with E-state index >= 15 is 0 Å². The topological polar surface area (TPSA) is 90.8 Å². The Morgan fingerprint density at radius 3 is 2.00 bits per heavy atom. The molecule has 2 aromatic rings. The average Bonchev–Trinajstić information content (AvgIpc) is 2.67. The molecule has 2 heterocycles. The number of rotatable bonds is 3. The van der Waals surface area contributed by atoms with Gasteiger partial charge in [-0.05, 0) is 24.3 Å². The molecule has 1 aliphatic rings. The van der Waals surface area contributed by atoms with E-state index in [0.29, 0.717) is 31.7 Å². The zero-order valence-corrected chi connectivity index (χ0v) is 13.5. The first kappa shape index (κ1) is 16.6. The number of nitrogens with zero attached hydrogens (tertiary/aromatic N) is 3. The molecule has 25 heavy (non-hydrogen) atoms. The molecular formula is C18H17N3O4. The number of amides is 2. The summed E-state index contributed by atoms with van der Waals surface area (Å²) < 4.78 is 0. The lowest BCUT2D eigenvalue weighted by Crippen LogP contribution is -2.50. The maximum absolute atomic E-state index is 12.6. The smallest absolute Gasteiger partial charge is 0.336 e. The fraction of sp³-hybridized carbons (Fsp3) is 0.222. The van der Waals surface area contributed by atoms with E-state index in [-0.39, 0.29) is 22.9 Å². The molecule has 1 aromatic carbocycles. The number of benzene rings is 1. The summed E-state index contributed by atoms with van der Waals surface area (Å²) in [6.07, 6.45) is 3.12. The van der Waals surface area contributed by atoms with Crippen molar-refractivity contribution in [2.75, 3.05) is 26.2 Å². The number of carbonyl (C=O) groups is 3. The molecule has 0 aliphatic carbocycles. The summed E-state index contributed by atoms with van der Waals surface area (Å²) in [5.41, 5.74) is 0.668. The van der Waals surface area contributed by atoms with Crippen molar-refractivity contribution in [3.05, 3.63) is 65.5 Å². The van der Waals surface area contributed by atoms with Crippen molar-refractivity contribution in [2.24, 2.45) is 0 Å². The Bertz CT molecular complexity index is 799.